The summed E-state index contributed by atoms with van der Waals surface area (Å²) < 4.78 is 42.3. The normalized spacial score (nSPS) is 11.6. The molecular formula is C15H11BrF2O3. The van der Waals surface area contributed by atoms with Gasteiger partial charge < -0.3 is 14.2 Å². The highest BCUT2D eigenvalue weighted by Crippen LogP contribution is 2.23. The number of rotatable bonds is 5. The fourth-order valence-electron chi connectivity index (χ4n) is 1.43. The summed E-state index contributed by atoms with van der Waals surface area (Å²) in [7, 11) is 1.50. The average Bonchev–Trinajstić information content (AvgIpc) is 2.50. The molecule has 3 nitrogen and oxygen atoms in total. The van der Waals surface area contributed by atoms with Crippen LogP contribution in [0.4, 0.5) is 8.78 Å². The molecule has 2 aromatic carbocycles. The first-order valence-electron chi connectivity index (χ1n) is 5.89. The first-order chi connectivity index (χ1) is 10.1. The Hall–Kier alpha value is -2.08. The summed E-state index contributed by atoms with van der Waals surface area (Å²) >= 11 is 3.23. The predicted molar refractivity (Wildman–Crippen MR) is 77.6 cm³/mol. The minimum absolute atomic E-state index is 0.128. The summed E-state index contributed by atoms with van der Waals surface area (Å²) in [6.45, 7) is 0. The number of halogens is 3. The molecule has 0 unspecified atom stereocenters. The molecule has 2 aromatic rings. The first-order valence-corrected chi connectivity index (χ1v) is 6.68. The van der Waals surface area contributed by atoms with Crippen molar-refractivity contribution >= 4 is 15.9 Å². The number of hydrogen-bond donors (Lipinski definition) is 0. The molecule has 0 bridgehead atoms. The van der Waals surface area contributed by atoms with Crippen LogP contribution in [0, 0.1) is 0 Å². The number of methoxy groups -OCH3 is 1. The molecule has 6 heteroatoms. The third-order valence-corrected chi connectivity index (χ3v) is 2.97. The molecule has 0 saturated heterocycles. The van der Waals surface area contributed by atoms with E-state index in [9.17, 15) is 8.78 Å². The fourth-order valence-corrected chi connectivity index (χ4v) is 1.70. The molecule has 21 heavy (non-hydrogen) atoms. The lowest BCUT2D eigenvalue weighted by Gasteiger charge is -2.06. The molecule has 0 aliphatic carbocycles. The van der Waals surface area contributed by atoms with Gasteiger partial charge in [-0.25, -0.2) is 0 Å². The Labute approximate surface area is 128 Å². The largest absolute Gasteiger partial charge is 0.497 e. The van der Waals surface area contributed by atoms with Crippen molar-refractivity contribution < 1.29 is 23.0 Å². The van der Waals surface area contributed by atoms with Crippen molar-refractivity contribution in [2.75, 3.05) is 7.11 Å². The van der Waals surface area contributed by atoms with Crippen molar-refractivity contribution in [3.63, 3.8) is 0 Å². The van der Waals surface area contributed by atoms with Crippen LogP contribution in [-0.2, 0) is 0 Å². The molecule has 0 aliphatic rings. The van der Waals surface area contributed by atoms with Crippen LogP contribution in [0.3, 0.4) is 0 Å². The SMILES string of the molecule is COc1ccc(O/C(F)=C(\F)Oc2ccc(Br)cc2)cc1. The Balaban J connectivity index is 2.05. The lowest BCUT2D eigenvalue weighted by molar-refractivity contribution is 0.203. The van der Waals surface area contributed by atoms with E-state index in [4.69, 9.17) is 14.2 Å². The van der Waals surface area contributed by atoms with E-state index in [2.05, 4.69) is 15.9 Å². The van der Waals surface area contributed by atoms with E-state index < -0.39 is 12.0 Å². The smallest absolute Gasteiger partial charge is 0.352 e. The van der Waals surface area contributed by atoms with Crippen LogP contribution < -0.4 is 14.2 Å². The van der Waals surface area contributed by atoms with Gasteiger partial charge in [-0.1, -0.05) is 15.9 Å². The van der Waals surface area contributed by atoms with Crippen LogP contribution in [0.25, 0.3) is 0 Å². The molecule has 0 aromatic heterocycles. The molecule has 0 amide bonds. The maximum absolute atomic E-state index is 13.5. The maximum atomic E-state index is 13.5. The highest BCUT2D eigenvalue weighted by atomic mass is 79.9. The molecule has 0 heterocycles. The van der Waals surface area contributed by atoms with Gasteiger partial charge in [-0.15, -0.1) is 0 Å². The zero-order chi connectivity index (χ0) is 15.2. The second-order valence-electron chi connectivity index (χ2n) is 3.88. The Morgan fingerprint density at radius 3 is 1.57 bits per heavy atom. The van der Waals surface area contributed by atoms with Gasteiger partial charge >= 0.3 is 12.0 Å². The molecule has 2 rings (SSSR count). The monoisotopic (exact) mass is 356 g/mol. The minimum Gasteiger partial charge on any atom is -0.497 e. The average molecular weight is 357 g/mol. The van der Waals surface area contributed by atoms with Gasteiger partial charge in [0.15, 0.2) is 0 Å². The molecule has 0 N–H and O–H groups in total. The molecule has 0 spiro atoms. The molecule has 0 saturated carbocycles. The van der Waals surface area contributed by atoms with Gasteiger partial charge in [0, 0.05) is 4.47 Å². The van der Waals surface area contributed by atoms with Gasteiger partial charge in [-0.05, 0) is 48.5 Å². The molecular weight excluding hydrogens is 346 g/mol. The number of hydrogen-bond acceptors (Lipinski definition) is 3. The first kappa shape index (κ1) is 15.3. The molecule has 110 valence electrons. The Morgan fingerprint density at radius 2 is 1.14 bits per heavy atom. The molecule has 0 aliphatic heterocycles. The highest BCUT2D eigenvalue weighted by molar-refractivity contribution is 9.10. The Bertz CT molecular complexity index is 624. The second-order valence-corrected chi connectivity index (χ2v) is 4.80. The van der Waals surface area contributed by atoms with Gasteiger partial charge in [0.05, 0.1) is 7.11 Å². The van der Waals surface area contributed by atoms with Crippen molar-refractivity contribution in [1.82, 2.24) is 0 Å². The standard InChI is InChI=1S/C15H11BrF2O3/c1-19-11-6-8-13(9-7-11)21-15(18)14(17)20-12-4-2-10(16)3-5-12/h2-9H,1H3/b15-14+. The summed E-state index contributed by atoms with van der Waals surface area (Å²) in [5, 5.41) is 0. The van der Waals surface area contributed by atoms with Crippen molar-refractivity contribution in [3.05, 3.63) is 65.0 Å². The highest BCUT2D eigenvalue weighted by Gasteiger charge is 2.12. The zero-order valence-corrected chi connectivity index (χ0v) is 12.6. The Morgan fingerprint density at radius 1 is 0.762 bits per heavy atom. The number of benzene rings is 2. The topological polar surface area (TPSA) is 27.7 Å². The molecule has 0 radical (unpaired) electrons. The van der Waals surface area contributed by atoms with Gasteiger partial charge in [0.1, 0.15) is 17.2 Å². The van der Waals surface area contributed by atoms with Crippen molar-refractivity contribution in [1.29, 1.82) is 0 Å². The van der Waals surface area contributed by atoms with E-state index in [1.807, 2.05) is 0 Å². The Kier molecular flexibility index (Phi) is 5.16. The second kappa shape index (κ2) is 7.08. The van der Waals surface area contributed by atoms with Crippen molar-refractivity contribution in [2.45, 2.75) is 0 Å². The number of ether oxygens (including phenoxy) is 3. The van der Waals surface area contributed by atoms with Crippen LogP contribution in [0.1, 0.15) is 0 Å². The van der Waals surface area contributed by atoms with E-state index in [1.54, 1.807) is 24.3 Å². The van der Waals surface area contributed by atoms with Crippen molar-refractivity contribution in [2.24, 2.45) is 0 Å². The third kappa shape index (κ3) is 4.46. The lowest BCUT2D eigenvalue weighted by atomic mass is 10.3. The van der Waals surface area contributed by atoms with E-state index in [0.29, 0.717) is 5.75 Å². The summed E-state index contributed by atoms with van der Waals surface area (Å²) in [5.74, 6) is 0.866. The van der Waals surface area contributed by atoms with E-state index in [0.717, 1.165) is 4.47 Å². The van der Waals surface area contributed by atoms with Crippen LogP contribution in [0.15, 0.2) is 65.0 Å². The summed E-state index contributed by atoms with van der Waals surface area (Å²) in [5.41, 5.74) is 0. The predicted octanol–water partition coefficient (Wildman–Crippen LogP) is 4.98. The minimum atomic E-state index is -1.46. The third-order valence-electron chi connectivity index (χ3n) is 2.44. The molecule has 0 atom stereocenters. The van der Waals surface area contributed by atoms with E-state index in [1.165, 1.54) is 31.4 Å². The summed E-state index contributed by atoms with van der Waals surface area (Å²) in [6, 6.07) is 9.39. The van der Waals surface area contributed by atoms with Gasteiger partial charge in [0.2, 0.25) is 0 Å². The molecule has 0 fully saturated rings. The summed E-state index contributed by atoms with van der Waals surface area (Å²) in [6.07, 6.45) is 0. The van der Waals surface area contributed by atoms with Crippen LogP contribution in [0.2, 0.25) is 0 Å². The van der Waals surface area contributed by atoms with Crippen molar-refractivity contribution in [3.8, 4) is 17.2 Å². The van der Waals surface area contributed by atoms with Crippen LogP contribution in [-0.4, -0.2) is 7.11 Å². The van der Waals surface area contributed by atoms with E-state index >= 15 is 0 Å². The van der Waals surface area contributed by atoms with Gasteiger partial charge in [-0.3, -0.25) is 0 Å². The zero-order valence-electron chi connectivity index (χ0n) is 11.0. The maximum Gasteiger partial charge on any atom is 0.352 e. The van der Waals surface area contributed by atoms with Crippen LogP contribution >= 0.6 is 15.9 Å². The van der Waals surface area contributed by atoms with Gasteiger partial charge in [-0.2, -0.15) is 8.78 Å². The van der Waals surface area contributed by atoms with E-state index in [-0.39, 0.29) is 11.5 Å². The summed E-state index contributed by atoms with van der Waals surface area (Å²) in [4.78, 5) is 0. The van der Waals surface area contributed by atoms with Gasteiger partial charge in [0.25, 0.3) is 0 Å². The van der Waals surface area contributed by atoms with Crippen LogP contribution in [0.5, 0.6) is 17.2 Å². The lowest BCUT2D eigenvalue weighted by Crippen LogP contribution is -1.98. The quantitative estimate of drug-likeness (QED) is 0.707. The fraction of sp³-hybridized carbons (Fsp3) is 0.0667.